The Morgan fingerprint density at radius 1 is 1.23 bits per heavy atom. The van der Waals surface area contributed by atoms with Crippen LogP contribution in [0.15, 0.2) is 48.5 Å². The molecule has 1 N–H and O–H groups in total. The SMILES string of the molecule is Cc1ccccc1CN(C)C(=S)Nc1ccc([N+](=O)[O-])cc1. The quantitative estimate of drug-likeness (QED) is 0.529. The van der Waals surface area contributed by atoms with Crippen LogP contribution in [0.4, 0.5) is 11.4 Å². The van der Waals surface area contributed by atoms with Crippen LogP contribution in [0, 0.1) is 17.0 Å². The maximum Gasteiger partial charge on any atom is 0.269 e. The van der Waals surface area contributed by atoms with Crippen molar-refractivity contribution in [2.45, 2.75) is 13.5 Å². The number of rotatable bonds is 4. The molecule has 0 saturated carbocycles. The lowest BCUT2D eigenvalue weighted by Gasteiger charge is -2.22. The molecule has 114 valence electrons. The summed E-state index contributed by atoms with van der Waals surface area (Å²) in [5.74, 6) is 0. The van der Waals surface area contributed by atoms with Crippen molar-refractivity contribution in [1.82, 2.24) is 4.90 Å². The number of nitrogens with zero attached hydrogens (tertiary/aromatic N) is 2. The van der Waals surface area contributed by atoms with E-state index in [9.17, 15) is 10.1 Å². The summed E-state index contributed by atoms with van der Waals surface area (Å²) in [6, 6.07) is 14.3. The van der Waals surface area contributed by atoms with Crippen molar-refractivity contribution in [3.8, 4) is 0 Å². The van der Waals surface area contributed by atoms with Gasteiger partial charge in [-0.05, 0) is 42.4 Å². The van der Waals surface area contributed by atoms with Gasteiger partial charge in [-0.25, -0.2) is 0 Å². The molecule has 0 amide bonds. The van der Waals surface area contributed by atoms with Gasteiger partial charge in [-0.2, -0.15) is 0 Å². The summed E-state index contributed by atoms with van der Waals surface area (Å²) in [6.45, 7) is 2.77. The summed E-state index contributed by atoms with van der Waals surface area (Å²) >= 11 is 5.37. The van der Waals surface area contributed by atoms with E-state index in [1.807, 2.05) is 24.1 Å². The minimum atomic E-state index is -0.424. The number of thiocarbonyl (C=S) groups is 1. The first kappa shape index (κ1) is 15.9. The van der Waals surface area contributed by atoms with Gasteiger partial charge in [-0.3, -0.25) is 10.1 Å². The Bertz CT molecular complexity index is 686. The number of hydrogen-bond acceptors (Lipinski definition) is 3. The van der Waals surface area contributed by atoms with Gasteiger partial charge in [0.05, 0.1) is 4.92 Å². The Morgan fingerprint density at radius 3 is 2.45 bits per heavy atom. The molecular weight excluding hydrogens is 298 g/mol. The highest BCUT2D eigenvalue weighted by molar-refractivity contribution is 7.80. The van der Waals surface area contributed by atoms with Gasteiger partial charge in [-0.1, -0.05) is 24.3 Å². The predicted octanol–water partition coefficient (Wildman–Crippen LogP) is 3.73. The Balaban J connectivity index is 1.99. The van der Waals surface area contributed by atoms with E-state index in [1.54, 1.807) is 12.1 Å². The first-order valence-electron chi connectivity index (χ1n) is 6.78. The maximum absolute atomic E-state index is 10.6. The molecule has 2 rings (SSSR count). The highest BCUT2D eigenvalue weighted by Crippen LogP contribution is 2.16. The molecule has 0 spiro atoms. The summed E-state index contributed by atoms with van der Waals surface area (Å²) in [6.07, 6.45) is 0. The molecule has 5 nitrogen and oxygen atoms in total. The van der Waals surface area contributed by atoms with Crippen molar-refractivity contribution in [3.63, 3.8) is 0 Å². The van der Waals surface area contributed by atoms with E-state index in [4.69, 9.17) is 12.2 Å². The Labute approximate surface area is 134 Å². The summed E-state index contributed by atoms with van der Waals surface area (Å²) in [7, 11) is 1.91. The fourth-order valence-corrected chi connectivity index (χ4v) is 2.18. The average molecular weight is 315 g/mol. The van der Waals surface area contributed by atoms with Crippen molar-refractivity contribution >= 4 is 28.7 Å². The molecule has 0 saturated heterocycles. The summed E-state index contributed by atoms with van der Waals surface area (Å²) < 4.78 is 0. The predicted molar refractivity (Wildman–Crippen MR) is 92.0 cm³/mol. The molecule has 0 heterocycles. The number of nitro benzene ring substituents is 1. The van der Waals surface area contributed by atoms with Gasteiger partial charge >= 0.3 is 0 Å². The Kier molecular flexibility index (Phi) is 5.06. The van der Waals surface area contributed by atoms with Crippen molar-refractivity contribution in [1.29, 1.82) is 0 Å². The minimum absolute atomic E-state index is 0.0599. The molecule has 0 radical (unpaired) electrons. The van der Waals surface area contributed by atoms with Gasteiger partial charge < -0.3 is 10.2 Å². The molecular formula is C16H17N3O2S. The normalized spacial score (nSPS) is 10.1. The van der Waals surface area contributed by atoms with Crippen LogP contribution in [0.3, 0.4) is 0 Å². The Morgan fingerprint density at radius 2 is 1.86 bits per heavy atom. The molecule has 0 bridgehead atoms. The van der Waals surface area contributed by atoms with Crippen LogP contribution in [-0.2, 0) is 6.54 Å². The number of nitro groups is 1. The van der Waals surface area contributed by atoms with Crippen LogP contribution in [0.25, 0.3) is 0 Å². The molecule has 0 unspecified atom stereocenters. The standard InChI is InChI=1S/C16H17N3O2S/c1-12-5-3-4-6-13(12)11-18(2)16(22)17-14-7-9-15(10-8-14)19(20)21/h3-10H,11H2,1-2H3,(H,17,22). The van der Waals surface area contributed by atoms with Crippen LogP contribution in [0.1, 0.15) is 11.1 Å². The molecule has 22 heavy (non-hydrogen) atoms. The van der Waals surface area contributed by atoms with Crippen molar-refractivity contribution < 1.29 is 4.92 Å². The zero-order valence-corrected chi connectivity index (χ0v) is 13.3. The van der Waals surface area contributed by atoms with E-state index < -0.39 is 4.92 Å². The van der Waals surface area contributed by atoms with E-state index in [2.05, 4.69) is 24.4 Å². The monoisotopic (exact) mass is 315 g/mol. The summed E-state index contributed by atoms with van der Waals surface area (Å²) in [4.78, 5) is 12.1. The zero-order valence-electron chi connectivity index (χ0n) is 12.4. The second-order valence-electron chi connectivity index (χ2n) is 5.02. The lowest BCUT2D eigenvalue weighted by Crippen LogP contribution is -2.30. The third-order valence-corrected chi connectivity index (χ3v) is 3.76. The molecule has 0 aliphatic heterocycles. The third-order valence-electron chi connectivity index (χ3n) is 3.34. The second kappa shape index (κ2) is 7.00. The van der Waals surface area contributed by atoms with Gasteiger partial charge in [0.15, 0.2) is 5.11 Å². The average Bonchev–Trinajstić information content (AvgIpc) is 2.50. The fraction of sp³-hybridized carbons (Fsp3) is 0.188. The van der Waals surface area contributed by atoms with Crippen molar-refractivity contribution in [3.05, 3.63) is 69.8 Å². The number of benzene rings is 2. The van der Waals surface area contributed by atoms with Crippen LogP contribution in [-0.4, -0.2) is 22.0 Å². The topological polar surface area (TPSA) is 58.4 Å². The van der Waals surface area contributed by atoms with Crippen molar-refractivity contribution in [2.75, 3.05) is 12.4 Å². The number of hydrogen-bond donors (Lipinski definition) is 1. The van der Waals surface area contributed by atoms with Gasteiger partial charge in [0.1, 0.15) is 0 Å². The molecule has 6 heteroatoms. The van der Waals surface area contributed by atoms with Gasteiger partial charge in [0.25, 0.3) is 5.69 Å². The van der Waals surface area contributed by atoms with Crippen molar-refractivity contribution in [2.24, 2.45) is 0 Å². The fourth-order valence-electron chi connectivity index (χ4n) is 2.00. The lowest BCUT2D eigenvalue weighted by atomic mass is 10.1. The van der Waals surface area contributed by atoms with Crippen LogP contribution in [0.2, 0.25) is 0 Å². The van der Waals surface area contributed by atoms with Crippen LogP contribution in [0.5, 0.6) is 0 Å². The highest BCUT2D eigenvalue weighted by Gasteiger charge is 2.08. The maximum atomic E-state index is 10.6. The highest BCUT2D eigenvalue weighted by atomic mass is 32.1. The first-order chi connectivity index (χ1) is 10.5. The molecule has 0 atom stereocenters. The molecule has 2 aromatic rings. The van der Waals surface area contributed by atoms with E-state index in [-0.39, 0.29) is 5.69 Å². The number of nitrogens with one attached hydrogen (secondary N) is 1. The second-order valence-corrected chi connectivity index (χ2v) is 5.40. The minimum Gasteiger partial charge on any atom is -0.348 e. The lowest BCUT2D eigenvalue weighted by molar-refractivity contribution is -0.384. The number of anilines is 1. The van der Waals surface area contributed by atoms with Gasteiger partial charge in [0, 0.05) is 31.4 Å². The van der Waals surface area contributed by atoms with E-state index in [0.717, 1.165) is 5.69 Å². The molecule has 0 aliphatic carbocycles. The van der Waals surface area contributed by atoms with E-state index >= 15 is 0 Å². The first-order valence-corrected chi connectivity index (χ1v) is 7.19. The molecule has 0 aliphatic rings. The molecule has 2 aromatic carbocycles. The number of aryl methyl sites for hydroxylation is 1. The largest absolute Gasteiger partial charge is 0.348 e. The summed E-state index contributed by atoms with van der Waals surface area (Å²) in [5.41, 5.74) is 3.21. The van der Waals surface area contributed by atoms with E-state index in [1.165, 1.54) is 23.3 Å². The smallest absolute Gasteiger partial charge is 0.269 e. The van der Waals surface area contributed by atoms with Gasteiger partial charge in [0.2, 0.25) is 0 Å². The molecule has 0 aromatic heterocycles. The Hall–Kier alpha value is -2.47. The molecule has 0 fully saturated rings. The van der Waals surface area contributed by atoms with E-state index in [0.29, 0.717) is 11.7 Å². The zero-order chi connectivity index (χ0) is 16.1. The van der Waals surface area contributed by atoms with Crippen LogP contribution < -0.4 is 5.32 Å². The summed E-state index contributed by atoms with van der Waals surface area (Å²) in [5, 5.41) is 14.3. The third kappa shape index (κ3) is 4.02. The number of non-ortho nitro benzene ring substituents is 1. The van der Waals surface area contributed by atoms with Gasteiger partial charge in [-0.15, -0.1) is 0 Å². The van der Waals surface area contributed by atoms with Crippen LogP contribution >= 0.6 is 12.2 Å².